The van der Waals surface area contributed by atoms with Crippen molar-refractivity contribution in [3.8, 4) is 0 Å². The van der Waals surface area contributed by atoms with E-state index in [9.17, 15) is 4.79 Å². The van der Waals surface area contributed by atoms with Crippen LogP contribution >= 0.6 is 11.8 Å². The molecule has 0 radical (unpaired) electrons. The number of amides is 1. The molecule has 1 fully saturated rings. The molecule has 0 aliphatic carbocycles. The SMILES string of the molecule is Cn1cnnc1SCC(=O)NC1CCc2nnc(C3CCOCC3)n2CC1. The van der Waals surface area contributed by atoms with Gasteiger partial charge in [0.25, 0.3) is 0 Å². The zero-order valence-electron chi connectivity index (χ0n) is 15.5. The third-order valence-corrected chi connectivity index (χ3v) is 6.26. The van der Waals surface area contributed by atoms with Crippen LogP contribution in [0.15, 0.2) is 11.5 Å². The lowest BCUT2D eigenvalue weighted by atomic mass is 9.99. The highest BCUT2D eigenvalue weighted by Gasteiger charge is 2.26. The van der Waals surface area contributed by atoms with Gasteiger partial charge in [0.2, 0.25) is 5.91 Å². The highest BCUT2D eigenvalue weighted by atomic mass is 32.2. The highest BCUT2D eigenvalue weighted by Crippen LogP contribution is 2.27. The number of rotatable bonds is 5. The number of nitrogens with zero attached hydrogens (tertiary/aromatic N) is 6. The number of hydrogen-bond acceptors (Lipinski definition) is 7. The largest absolute Gasteiger partial charge is 0.381 e. The molecule has 0 aromatic carbocycles. The predicted molar refractivity (Wildman–Crippen MR) is 99.4 cm³/mol. The number of hydrogen-bond donors (Lipinski definition) is 1. The number of thioether (sulfide) groups is 1. The lowest BCUT2D eigenvalue weighted by Crippen LogP contribution is -2.36. The van der Waals surface area contributed by atoms with Crippen molar-refractivity contribution in [1.82, 2.24) is 34.8 Å². The predicted octanol–water partition coefficient (Wildman–Crippen LogP) is 0.914. The van der Waals surface area contributed by atoms with Crippen LogP contribution in [0.5, 0.6) is 0 Å². The number of fused-ring (bicyclic) bond motifs is 1. The summed E-state index contributed by atoms with van der Waals surface area (Å²) < 4.78 is 9.55. The van der Waals surface area contributed by atoms with E-state index in [-0.39, 0.29) is 11.9 Å². The monoisotopic (exact) mass is 391 g/mol. The van der Waals surface area contributed by atoms with Gasteiger partial charge in [-0.3, -0.25) is 4.79 Å². The van der Waals surface area contributed by atoms with Gasteiger partial charge in [-0.25, -0.2) is 0 Å². The fourth-order valence-electron chi connectivity index (χ4n) is 3.72. The van der Waals surface area contributed by atoms with Crippen LogP contribution in [0.3, 0.4) is 0 Å². The van der Waals surface area contributed by atoms with Crippen LogP contribution < -0.4 is 5.32 Å². The molecule has 1 saturated heterocycles. The first-order valence-electron chi connectivity index (χ1n) is 9.46. The maximum Gasteiger partial charge on any atom is 0.230 e. The van der Waals surface area contributed by atoms with E-state index in [1.165, 1.54) is 11.8 Å². The van der Waals surface area contributed by atoms with E-state index in [0.29, 0.717) is 11.7 Å². The van der Waals surface area contributed by atoms with E-state index in [4.69, 9.17) is 4.74 Å². The molecule has 0 bridgehead atoms. The van der Waals surface area contributed by atoms with Gasteiger partial charge in [-0.15, -0.1) is 20.4 Å². The van der Waals surface area contributed by atoms with Gasteiger partial charge in [0.15, 0.2) is 5.16 Å². The number of aryl methyl sites for hydroxylation is 2. The van der Waals surface area contributed by atoms with Crippen molar-refractivity contribution in [1.29, 1.82) is 0 Å². The van der Waals surface area contributed by atoms with Crippen LogP contribution in [0.2, 0.25) is 0 Å². The molecule has 10 heteroatoms. The fraction of sp³-hybridized carbons (Fsp3) is 0.706. The summed E-state index contributed by atoms with van der Waals surface area (Å²) in [6, 6.07) is 0.168. The molecule has 1 amide bonds. The van der Waals surface area contributed by atoms with Gasteiger partial charge in [0, 0.05) is 45.2 Å². The fourth-order valence-corrected chi connectivity index (χ4v) is 4.41. The van der Waals surface area contributed by atoms with Gasteiger partial charge < -0.3 is 19.2 Å². The smallest absolute Gasteiger partial charge is 0.230 e. The van der Waals surface area contributed by atoms with Crippen LogP contribution in [-0.2, 0) is 29.5 Å². The van der Waals surface area contributed by atoms with E-state index in [1.54, 1.807) is 6.33 Å². The Kier molecular flexibility index (Phi) is 5.72. The van der Waals surface area contributed by atoms with Crippen molar-refractivity contribution in [2.24, 2.45) is 7.05 Å². The van der Waals surface area contributed by atoms with Crippen LogP contribution in [0, 0.1) is 0 Å². The standard InChI is InChI=1S/C17H25N7O2S/c1-23-11-18-22-17(23)27-10-15(25)19-13-2-3-14-20-21-16(24(14)7-4-13)12-5-8-26-9-6-12/h11-13H,2-10H2,1H3,(H,19,25). The lowest BCUT2D eigenvalue weighted by molar-refractivity contribution is -0.119. The second kappa shape index (κ2) is 8.39. The van der Waals surface area contributed by atoms with Crippen LogP contribution in [0.4, 0.5) is 0 Å². The molecule has 1 atom stereocenters. The molecule has 9 nitrogen and oxygen atoms in total. The normalized spacial score (nSPS) is 20.9. The molecule has 4 rings (SSSR count). The first kappa shape index (κ1) is 18.4. The molecule has 2 aliphatic heterocycles. The molecule has 1 unspecified atom stereocenters. The number of nitrogens with one attached hydrogen (secondary N) is 1. The minimum absolute atomic E-state index is 0.0373. The Labute approximate surface area is 162 Å². The van der Waals surface area contributed by atoms with Crippen molar-refractivity contribution in [3.05, 3.63) is 18.0 Å². The molecule has 2 aromatic rings. The molecule has 4 heterocycles. The molecule has 2 aromatic heterocycles. The molecule has 1 N–H and O–H groups in total. The number of aromatic nitrogens is 6. The summed E-state index contributed by atoms with van der Waals surface area (Å²) in [4.78, 5) is 12.3. The van der Waals surface area contributed by atoms with E-state index in [0.717, 1.165) is 68.7 Å². The first-order chi connectivity index (χ1) is 13.2. The quantitative estimate of drug-likeness (QED) is 0.756. The maximum atomic E-state index is 12.3. The molecule has 0 saturated carbocycles. The average molecular weight is 392 g/mol. The number of ether oxygens (including phenoxy) is 1. The topological polar surface area (TPSA) is 99.8 Å². The molecule has 2 aliphatic rings. The summed E-state index contributed by atoms with van der Waals surface area (Å²) in [5.41, 5.74) is 0. The van der Waals surface area contributed by atoms with Gasteiger partial charge in [-0.1, -0.05) is 11.8 Å². The number of carbonyl (C=O) groups is 1. The Morgan fingerprint density at radius 3 is 2.89 bits per heavy atom. The van der Waals surface area contributed by atoms with Crippen LogP contribution in [0.1, 0.15) is 43.3 Å². The Balaban J connectivity index is 1.31. The van der Waals surface area contributed by atoms with E-state index in [1.807, 2.05) is 11.6 Å². The summed E-state index contributed by atoms with van der Waals surface area (Å²) in [5, 5.41) is 20.6. The summed E-state index contributed by atoms with van der Waals surface area (Å²) in [6.45, 7) is 2.46. The van der Waals surface area contributed by atoms with Crippen molar-refractivity contribution >= 4 is 17.7 Å². The Morgan fingerprint density at radius 1 is 1.26 bits per heavy atom. The van der Waals surface area contributed by atoms with E-state index < -0.39 is 0 Å². The molecule has 0 spiro atoms. The molecular formula is C17H25N7O2S. The number of carbonyl (C=O) groups excluding carboxylic acids is 1. The van der Waals surface area contributed by atoms with Crippen molar-refractivity contribution < 1.29 is 9.53 Å². The van der Waals surface area contributed by atoms with Crippen LogP contribution in [0.25, 0.3) is 0 Å². The first-order valence-corrected chi connectivity index (χ1v) is 10.4. The maximum absolute atomic E-state index is 12.3. The minimum Gasteiger partial charge on any atom is -0.381 e. The average Bonchev–Trinajstić information content (AvgIpc) is 3.23. The summed E-state index contributed by atoms with van der Waals surface area (Å²) in [5.74, 6) is 2.96. The van der Waals surface area contributed by atoms with E-state index >= 15 is 0 Å². The summed E-state index contributed by atoms with van der Waals surface area (Å²) in [6.07, 6.45) is 6.30. The Morgan fingerprint density at radius 2 is 2.11 bits per heavy atom. The zero-order chi connectivity index (χ0) is 18.6. The molecule has 27 heavy (non-hydrogen) atoms. The summed E-state index contributed by atoms with van der Waals surface area (Å²) in [7, 11) is 1.87. The zero-order valence-corrected chi connectivity index (χ0v) is 16.3. The van der Waals surface area contributed by atoms with Gasteiger partial charge >= 0.3 is 0 Å². The second-order valence-electron chi connectivity index (χ2n) is 7.12. The summed E-state index contributed by atoms with van der Waals surface area (Å²) >= 11 is 1.40. The van der Waals surface area contributed by atoms with Crippen molar-refractivity contribution in [2.75, 3.05) is 19.0 Å². The van der Waals surface area contributed by atoms with Gasteiger partial charge in [-0.05, 0) is 25.7 Å². The third-order valence-electron chi connectivity index (χ3n) is 5.23. The Bertz CT molecular complexity index is 784. The Hall–Kier alpha value is -1.94. The van der Waals surface area contributed by atoms with Gasteiger partial charge in [0.1, 0.15) is 18.0 Å². The lowest BCUT2D eigenvalue weighted by Gasteiger charge is -2.22. The van der Waals surface area contributed by atoms with Gasteiger partial charge in [-0.2, -0.15) is 0 Å². The minimum atomic E-state index is 0.0373. The molecular weight excluding hydrogens is 366 g/mol. The molecule has 146 valence electrons. The van der Waals surface area contributed by atoms with Crippen molar-refractivity contribution in [3.63, 3.8) is 0 Å². The van der Waals surface area contributed by atoms with E-state index in [2.05, 4.69) is 30.3 Å². The van der Waals surface area contributed by atoms with Crippen molar-refractivity contribution in [2.45, 2.75) is 55.8 Å². The second-order valence-corrected chi connectivity index (χ2v) is 8.06. The highest BCUT2D eigenvalue weighted by molar-refractivity contribution is 7.99. The third kappa shape index (κ3) is 4.32. The van der Waals surface area contributed by atoms with Crippen LogP contribution in [-0.4, -0.2) is 60.4 Å². The van der Waals surface area contributed by atoms with Gasteiger partial charge in [0.05, 0.1) is 5.75 Å².